The maximum absolute atomic E-state index is 12.7. The van der Waals surface area contributed by atoms with Crippen LogP contribution in [0.5, 0.6) is 0 Å². The Bertz CT molecular complexity index is 894. The molecular weight excluding hydrogens is 354 g/mol. The van der Waals surface area contributed by atoms with Gasteiger partial charge in [0.1, 0.15) is 0 Å². The van der Waals surface area contributed by atoms with Gasteiger partial charge in [0.25, 0.3) is 5.91 Å². The number of likely N-dealkylation sites (tertiary alicyclic amines) is 1. The van der Waals surface area contributed by atoms with Gasteiger partial charge in [0.2, 0.25) is 0 Å². The van der Waals surface area contributed by atoms with Gasteiger partial charge >= 0.3 is 6.03 Å². The van der Waals surface area contributed by atoms with Crippen LogP contribution in [0, 0.1) is 0 Å². The lowest BCUT2D eigenvalue weighted by molar-refractivity contribution is 0.101. The van der Waals surface area contributed by atoms with Crippen LogP contribution in [0.15, 0.2) is 48.5 Å². The number of nitrogens with one attached hydrogen (secondary N) is 2. The molecular formula is C22H25N3O3. The van der Waals surface area contributed by atoms with Crippen LogP contribution in [0.4, 0.5) is 10.5 Å². The number of urea groups is 1. The van der Waals surface area contributed by atoms with E-state index in [2.05, 4.69) is 10.6 Å². The number of hydrogen-bond acceptors (Lipinski definition) is 3. The number of hydrogen-bond donors (Lipinski definition) is 2. The zero-order chi connectivity index (χ0) is 20.1. The molecule has 0 aliphatic carbocycles. The van der Waals surface area contributed by atoms with Gasteiger partial charge in [0.05, 0.1) is 0 Å². The Kier molecular flexibility index (Phi) is 6.09. The summed E-state index contributed by atoms with van der Waals surface area (Å²) in [5.74, 6) is -0.0579. The third-order valence-electron chi connectivity index (χ3n) is 5.07. The molecule has 1 fully saturated rings. The van der Waals surface area contributed by atoms with Crippen molar-refractivity contribution in [3.63, 3.8) is 0 Å². The number of carbonyl (C=O) groups excluding carboxylic acids is 3. The number of nitrogens with zero attached hydrogens (tertiary/aromatic N) is 1. The second-order valence-electron chi connectivity index (χ2n) is 7.06. The molecule has 0 spiro atoms. The minimum atomic E-state index is -0.221. The smallest absolute Gasteiger partial charge is 0.317 e. The van der Waals surface area contributed by atoms with E-state index in [1.807, 2.05) is 23.1 Å². The number of ketones is 1. The summed E-state index contributed by atoms with van der Waals surface area (Å²) < 4.78 is 0. The van der Waals surface area contributed by atoms with E-state index < -0.39 is 0 Å². The molecule has 2 aromatic carbocycles. The summed E-state index contributed by atoms with van der Waals surface area (Å²) >= 11 is 0. The van der Waals surface area contributed by atoms with Crippen LogP contribution in [0.3, 0.4) is 0 Å². The molecule has 0 aromatic heterocycles. The van der Waals surface area contributed by atoms with Gasteiger partial charge in [-0.15, -0.1) is 0 Å². The van der Waals surface area contributed by atoms with Crippen LogP contribution in [-0.4, -0.2) is 42.8 Å². The standard InChI is InChI=1S/C22H25N3O3/c1-15(26)16-6-4-10-20(13-16)24-21(27)18-8-3-7-17(12-18)19-9-5-11-25(14-19)22(28)23-2/h3-4,6-8,10,12-13,19H,5,9,11,14H2,1-2H3,(H,23,28)(H,24,27). The van der Waals surface area contributed by atoms with Crippen LogP contribution >= 0.6 is 0 Å². The lowest BCUT2D eigenvalue weighted by Crippen LogP contribution is -2.43. The fraction of sp³-hybridized carbons (Fsp3) is 0.318. The molecule has 2 aromatic rings. The van der Waals surface area contributed by atoms with E-state index in [9.17, 15) is 14.4 Å². The Morgan fingerprint density at radius 3 is 2.54 bits per heavy atom. The van der Waals surface area contributed by atoms with Crippen molar-refractivity contribution >= 4 is 23.4 Å². The molecule has 1 aliphatic rings. The molecule has 3 rings (SSSR count). The zero-order valence-corrected chi connectivity index (χ0v) is 16.2. The minimum absolute atomic E-state index is 0.0453. The molecule has 3 amide bonds. The second-order valence-corrected chi connectivity index (χ2v) is 7.06. The van der Waals surface area contributed by atoms with Crippen molar-refractivity contribution in [2.45, 2.75) is 25.7 Å². The molecule has 1 atom stereocenters. The van der Waals surface area contributed by atoms with Crippen molar-refractivity contribution in [1.29, 1.82) is 0 Å². The molecule has 1 aliphatic heterocycles. The van der Waals surface area contributed by atoms with Gasteiger partial charge in [-0.2, -0.15) is 0 Å². The van der Waals surface area contributed by atoms with Crippen LogP contribution in [0.25, 0.3) is 0 Å². The van der Waals surface area contributed by atoms with Gasteiger partial charge in [-0.25, -0.2) is 4.79 Å². The first-order valence-electron chi connectivity index (χ1n) is 9.47. The number of carbonyl (C=O) groups is 3. The number of anilines is 1. The molecule has 0 saturated carbocycles. The average molecular weight is 379 g/mol. The Hall–Kier alpha value is -3.15. The van der Waals surface area contributed by atoms with Gasteiger partial charge in [0.15, 0.2) is 5.78 Å². The summed E-state index contributed by atoms with van der Waals surface area (Å²) in [6.07, 6.45) is 1.92. The summed E-state index contributed by atoms with van der Waals surface area (Å²) in [5.41, 5.74) is 2.76. The van der Waals surface area contributed by atoms with E-state index in [1.54, 1.807) is 37.4 Å². The Morgan fingerprint density at radius 2 is 1.79 bits per heavy atom. The molecule has 1 heterocycles. The predicted octanol–water partition coefficient (Wildman–Crippen LogP) is 3.66. The molecule has 28 heavy (non-hydrogen) atoms. The second kappa shape index (κ2) is 8.69. The summed E-state index contributed by atoms with van der Waals surface area (Å²) in [6.45, 7) is 2.89. The summed E-state index contributed by atoms with van der Waals surface area (Å²) in [6, 6.07) is 14.4. The Labute approximate surface area is 164 Å². The van der Waals surface area contributed by atoms with E-state index in [4.69, 9.17) is 0 Å². The van der Waals surface area contributed by atoms with Crippen LogP contribution in [-0.2, 0) is 0 Å². The number of amides is 3. The zero-order valence-electron chi connectivity index (χ0n) is 16.2. The van der Waals surface area contributed by atoms with Crippen molar-refractivity contribution in [3.8, 4) is 0 Å². The van der Waals surface area contributed by atoms with Gasteiger partial charge in [-0.05, 0) is 49.6 Å². The van der Waals surface area contributed by atoms with Crippen molar-refractivity contribution in [2.75, 3.05) is 25.5 Å². The molecule has 6 nitrogen and oxygen atoms in total. The molecule has 2 N–H and O–H groups in total. The molecule has 146 valence electrons. The van der Waals surface area contributed by atoms with E-state index in [-0.39, 0.29) is 23.6 Å². The van der Waals surface area contributed by atoms with Crippen LogP contribution < -0.4 is 10.6 Å². The van der Waals surface area contributed by atoms with Gasteiger partial charge < -0.3 is 15.5 Å². The van der Waals surface area contributed by atoms with E-state index in [1.165, 1.54) is 6.92 Å². The Balaban J connectivity index is 1.74. The number of piperidine rings is 1. The number of benzene rings is 2. The first-order valence-corrected chi connectivity index (χ1v) is 9.47. The van der Waals surface area contributed by atoms with Crippen LogP contribution in [0.1, 0.15) is 52.0 Å². The van der Waals surface area contributed by atoms with Gasteiger partial charge in [-0.1, -0.05) is 24.3 Å². The highest BCUT2D eigenvalue weighted by molar-refractivity contribution is 6.05. The van der Waals surface area contributed by atoms with Crippen LogP contribution in [0.2, 0.25) is 0 Å². The Morgan fingerprint density at radius 1 is 1.04 bits per heavy atom. The topological polar surface area (TPSA) is 78.5 Å². The highest BCUT2D eigenvalue weighted by Crippen LogP contribution is 2.27. The maximum atomic E-state index is 12.7. The van der Waals surface area contributed by atoms with Gasteiger partial charge in [0, 0.05) is 42.9 Å². The summed E-state index contributed by atoms with van der Waals surface area (Å²) in [7, 11) is 1.64. The normalized spacial score (nSPS) is 16.4. The third kappa shape index (κ3) is 4.57. The molecule has 6 heteroatoms. The van der Waals surface area contributed by atoms with E-state index in [0.29, 0.717) is 23.4 Å². The molecule has 0 bridgehead atoms. The lowest BCUT2D eigenvalue weighted by atomic mass is 9.89. The largest absolute Gasteiger partial charge is 0.341 e. The molecule has 0 radical (unpaired) electrons. The van der Waals surface area contributed by atoms with Crippen molar-refractivity contribution < 1.29 is 14.4 Å². The maximum Gasteiger partial charge on any atom is 0.317 e. The van der Waals surface area contributed by atoms with Crippen molar-refractivity contribution in [3.05, 3.63) is 65.2 Å². The number of Topliss-reactive ketones (excluding diaryl/α,β-unsaturated/α-hetero) is 1. The predicted molar refractivity (Wildman–Crippen MR) is 109 cm³/mol. The average Bonchev–Trinajstić information content (AvgIpc) is 2.73. The molecule has 1 saturated heterocycles. The molecule has 1 unspecified atom stereocenters. The first kappa shape index (κ1) is 19.6. The van der Waals surface area contributed by atoms with E-state index >= 15 is 0 Å². The lowest BCUT2D eigenvalue weighted by Gasteiger charge is -2.32. The highest BCUT2D eigenvalue weighted by atomic mass is 16.2. The first-order chi connectivity index (χ1) is 13.5. The van der Waals surface area contributed by atoms with Crippen molar-refractivity contribution in [2.24, 2.45) is 0 Å². The minimum Gasteiger partial charge on any atom is -0.341 e. The summed E-state index contributed by atoms with van der Waals surface area (Å²) in [5, 5.41) is 5.53. The van der Waals surface area contributed by atoms with Crippen molar-refractivity contribution in [1.82, 2.24) is 10.2 Å². The third-order valence-corrected chi connectivity index (χ3v) is 5.07. The van der Waals surface area contributed by atoms with Gasteiger partial charge in [-0.3, -0.25) is 9.59 Å². The monoisotopic (exact) mass is 379 g/mol. The fourth-order valence-corrected chi connectivity index (χ4v) is 3.54. The fourth-order valence-electron chi connectivity index (χ4n) is 3.54. The SMILES string of the molecule is CNC(=O)N1CCCC(c2cccc(C(=O)Nc3cccc(C(C)=O)c3)c2)C1. The quantitative estimate of drug-likeness (QED) is 0.796. The number of rotatable bonds is 4. The summed E-state index contributed by atoms with van der Waals surface area (Å²) in [4.78, 5) is 37.9. The van der Waals surface area contributed by atoms with E-state index in [0.717, 1.165) is 24.9 Å². The highest BCUT2D eigenvalue weighted by Gasteiger charge is 2.24.